The van der Waals surface area contributed by atoms with Crippen LogP contribution >= 0.6 is 0 Å². The van der Waals surface area contributed by atoms with E-state index in [0.29, 0.717) is 16.8 Å². The van der Waals surface area contributed by atoms with Gasteiger partial charge in [-0.2, -0.15) is 0 Å². The Morgan fingerprint density at radius 1 is 1.14 bits per heavy atom. The van der Waals surface area contributed by atoms with E-state index in [-0.39, 0.29) is 22.6 Å². The van der Waals surface area contributed by atoms with E-state index in [1.807, 2.05) is 0 Å². The number of amides is 1. The van der Waals surface area contributed by atoms with Crippen molar-refractivity contribution in [1.82, 2.24) is 4.98 Å². The molecule has 2 N–H and O–H groups in total. The molecule has 0 fully saturated rings. The van der Waals surface area contributed by atoms with Crippen LogP contribution < -0.4 is 10.9 Å². The zero-order valence-electron chi connectivity index (χ0n) is 15.4. The summed E-state index contributed by atoms with van der Waals surface area (Å²) in [4.78, 5) is 21.1. The molecule has 0 saturated carbocycles. The predicted molar refractivity (Wildman–Crippen MR) is 106 cm³/mol. The lowest BCUT2D eigenvalue weighted by molar-refractivity contribution is 0.102. The van der Waals surface area contributed by atoms with Crippen molar-refractivity contribution in [3.8, 4) is 5.75 Å². The van der Waals surface area contributed by atoms with Crippen LogP contribution in [0.15, 0.2) is 76.3 Å². The molecule has 1 amide bonds. The third kappa shape index (κ3) is 3.98. The van der Waals surface area contributed by atoms with Gasteiger partial charge in [0.1, 0.15) is 34.2 Å². The first-order chi connectivity index (χ1) is 14.0. The first kappa shape index (κ1) is 18.4. The number of anilines is 1. The second-order valence-corrected chi connectivity index (χ2v) is 6.42. The summed E-state index contributed by atoms with van der Waals surface area (Å²) < 4.78 is 20.1. The molecule has 0 radical (unpaired) electrons. The molecule has 0 spiro atoms. The summed E-state index contributed by atoms with van der Waals surface area (Å²) in [6, 6.07) is 15.7. The Morgan fingerprint density at radius 2 is 2.00 bits per heavy atom. The minimum atomic E-state index is -0.535. The van der Waals surface area contributed by atoms with Gasteiger partial charge in [0, 0.05) is 17.6 Å². The Kier molecular flexibility index (Phi) is 4.78. The zero-order chi connectivity index (χ0) is 20.4. The highest BCUT2D eigenvalue weighted by Crippen LogP contribution is 2.22. The Hall–Kier alpha value is -4.00. The number of aromatic hydroxyl groups is 1. The number of carbonyl (C=O) groups excluding carboxylic acids is 1. The van der Waals surface area contributed by atoms with Crippen molar-refractivity contribution in [2.24, 2.45) is 4.99 Å². The van der Waals surface area contributed by atoms with E-state index in [9.17, 15) is 14.3 Å². The lowest BCUT2D eigenvalue weighted by Crippen LogP contribution is -2.22. The summed E-state index contributed by atoms with van der Waals surface area (Å²) in [6.45, 7) is 1.77. The highest BCUT2D eigenvalue weighted by atomic mass is 19.1. The SMILES string of the molecule is Cc1ccc(N=c2oc3cc(O)ccc3cc2C(=O)Nc2ccccn2)c(F)c1. The topological polar surface area (TPSA) is 87.7 Å². The molecular formula is C22H16FN3O3. The molecule has 2 aromatic carbocycles. The van der Waals surface area contributed by atoms with Crippen molar-refractivity contribution in [2.75, 3.05) is 5.32 Å². The maximum absolute atomic E-state index is 14.3. The fourth-order valence-corrected chi connectivity index (χ4v) is 2.79. The number of halogens is 1. The number of aromatic nitrogens is 1. The van der Waals surface area contributed by atoms with Crippen LogP contribution in [0.4, 0.5) is 15.9 Å². The summed E-state index contributed by atoms with van der Waals surface area (Å²) >= 11 is 0. The van der Waals surface area contributed by atoms with E-state index in [1.54, 1.807) is 49.5 Å². The highest BCUT2D eigenvalue weighted by molar-refractivity contribution is 6.05. The minimum Gasteiger partial charge on any atom is -0.508 e. The average molecular weight is 389 g/mol. The molecular weight excluding hydrogens is 373 g/mol. The minimum absolute atomic E-state index is 0.000552. The fraction of sp³-hybridized carbons (Fsp3) is 0.0455. The third-order valence-corrected chi connectivity index (χ3v) is 4.21. The molecule has 4 rings (SSSR count). The van der Waals surface area contributed by atoms with E-state index in [2.05, 4.69) is 15.3 Å². The van der Waals surface area contributed by atoms with Crippen LogP contribution in [-0.4, -0.2) is 16.0 Å². The molecule has 144 valence electrons. The second kappa shape index (κ2) is 7.55. The van der Waals surface area contributed by atoms with Crippen molar-refractivity contribution < 1.29 is 18.7 Å². The average Bonchev–Trinajstić information content (AvgIpc) is 2.70. The lowest BCUT2D eigenvalue weighted by Gasteiger charge is -2.07. The quantitative estimate of drug-likeness (QED) is 0.541. The van der Waals surface area contributed by atoms with Gasteiger partial charge in [-0.05, 0) is 55.0 Å². The maximum atomic E-state index is 14.3. The molecule has 0 atom stereocenters. The molecule has 0 aliphatic carbocycles. The Labute approximate surface area is 165 Å². The number of hydrogen-bond donors (Lipinski definition) is 2. The Bertz CT molecular complexity index is 1280. The maximum Gasteiger partial charge on any atom is 0.262 e. The lowest BCUT2D eigenvalue weighted by atomic mass is 10.1. The van der Waals surface area contributed by atoms with Gasteiger partial charge in [-0.1, -0.05) is 12.1 Å². The molecule has 0 aliphatic rings. The molecule has 2 heterocycles. The number of aryl methyl sites for hydroxylation is 1. The van der Waals surface area contributed by atoms with Crippen molar-refractivity contribution in [3.63, 3.8) is 0 Å². The van der Waals surface area contributed by atoms with Gasteiger partial charge < -0.3 is 14.8 Å². The van der Waals surface area contributed by atoms with Crippen LogP contribution in [0.25, 0.3) is 11.0 Å². The molecule has 0 aliphatic heterocycles. The summed E-state index contributed by atoms with van der Waals surface area (Å²) in [5, 5.41) is 13.0. The molecule has 29 heavy (non-hydrogen) atoms. The summed E-state index contributed by atoms with van der Waals surface area (Å²) in [5.41, 5.74) is 1.11. The number of nitrogens with zero attached hydrogens (tertiary/aromatic N) is 2. The second-order valence-electron chi connectivity index (χ2n) is 6.42. The van der Waals surface area contributed by atoms with Gasteiger partial charge in [0.25, 0.3) is 5.91 Å². The van der Waals surface area contributed by atoms with Gasteiger partial charge in [0.2, 0.25) is 5.55 Å². The van der Waals surface area contributed by atoms with Crippen LogP contribution in [0.2, 0.25) is 0 Å². The molecule has 0 bridgehead atoms. The predicted octanol–water partition coefficient (Wildman–Crippen LogP) is 4.47. The van der Waals surface area contributed by atoms with Crippen molar-refractivity contribution >= 4 is 28.4 Å². The summed E-state index contributed by atoms with van der Waals surface area (Å²) in [6.07, 6.45) is 1.55. The smallest absolute Gasteiger partial charge is 0.262 e. The number of hydrogen-bond acceptors (Lipinski definition) is 5. The highest BCUT2D eigenvalue weighted by Gasteiger charge is 2.14. The largest absolute Gasteiger partial charge is 0.508 e. The van der Waals surface area contributed by atoms with Crippen molar-refractivity contribution in [1.29, 1.82) is 0 Å². The van der Waals surface area contributed by atoms with Gasteiger partial charge in [-0.15, -0.1) is 0 Å². The first-order valence-corrected chi connectivity index (χ1v) is 8.80. The van der Waals surface area contributed by atoms with Gasteiger partial charge in [0.15, 0.2) is 0 Å². The van der Waals surface area contributed by atoms with Crippen LogP contribution in [0.5, 0.6) is 5.75 Å². The molecule has 7 heteroatoms. The first-order valence-electron chi connectivity index (χ1n) is 8.80. The van der Waals surface area contributed by atoms with Gasteiger partial charge >= 0.3 is 0 Å². The molecule has 6 nitrogen and oxygen atoms in total. The van der Waals surface area contributed by atoms with Crippen LogP contribution in [-0.2, 0) is 0 Å². The van der Waals surface area contributed by atoms with Crippen molar-refractivity contribution in [3.05, 3.63) is 89.4 Å². The van der Waals surface area contributed by atoms with Crippen molar-refractivity contribution in [2.45, 2.75) is 6.92 Å². The number of carbonyl (C=O) groups is 1. The Morgan fingerprint density at radius 3 is 2.76 bits per heavy atom. The molecule has 2 aromatic heterocycles. The van der Waals surface area contributed by atoms with Crippen LogP contribution in [0.3, 0.4) is 0 Å². The van der Waals surface area contributed by atoms with E-state index in [4.69, 9.17) is 4.42 Å². The van der Waals surface area contributed by atoms with E-state index < -0.39 is 11.7 Å². The number of nitrogens with one attached hydrogen (secondary N) is 1. The van der Waals surface area contributed by atoms with Crippen LogP contribution in [0, 0.1) is 12.7 Å². The molecule has 4 aromatic rings. The van der Waals surface area contributed by atoms with E-state index >= 15 is 0 Å². The van der Waals surface area contributed by atoms with E-state index in [0.717, 1.165) is 5.56 Å². The number of phenols is 1. The number of phenolic OH excluding ortho intramolecular Hbond substituents is 1. The third-order valence-electron chi connectivity index (χ3n) is 4.21. The molecule has 0 unspecified atom stereocenters. The zero-order valence-corrected chi connectivity index (χ0v) is 15.4. The number of rotatable bonds is 3. The fourth-order valence-electron chi connectivity index (χ4n) is 2.79. The number of benzene rings is 2. The summed E-state index contributed by atoms with van der Waals surface area (Å²) in [7, 11) is 0. The van der Waals surface area contributed by atoms with Gasteiger partial charge in [-0.25, -0.2) is 14.4 Å². The molecule has 0 saturated heterocycles. The van der Waals surface area contributed by atoms with Gasteiger partial charge in [0.05, 0.1) is 0 Å². The number of fused-ring (bicyclic) bond motifs is 1. The standard InChI is InChI=1S/C22H16FN3O3/c1-13-5-8-18(17(23)10-13)25-22-16(21(28)26-20-4-2-3-9-24-20)11-14-6-7-15(27)12-19(14)29-22/h2-12,27H,1H3,(H,24,26,28). The monoisotopic (exact) mass is 389 g/mol. The van der Waals surface area contributed by atoms with E-state index in [1.165, 1.54) is 24.3 Å². The Balaban J connectivity index is 1.89. The van der Waals surface area contributed by atoms with Crippen LogP contribution in [0.1, 0.15) is 15.9 Å². The summed E-state index contributed by atoms with van der Waals surface area (Å²) in [5.74, 6) is -0.684. The normalized spacial score (nSPS) is 11.6. The van der Waals surface area contributed by atoms with Gasteiger partial charge in [-0.3, -0.25) is 4.79 Å². The number of pyridine rings is 1.